The maximum atomic E-state index is 5.35. The van der Waals surface area contributed by atoms with Crippen molar-refractivity contribution in [3.63, 3.8) is 0 Å². The molecule has 19 heavy (non-hydrogen) atoms. The van der Waals surface area contributed by atoms with Crippen molar-refractivity contribution in [3.05, 3.63) is 17.7 Å². The van der Waals surface area contributed by atoms with Crippen LogP contribution >= 0.6 is 0 Å². The SMILES string of the molecule is CC1(CN2CCn3cc(C(C)(C)C)nc3C2)COC1. The molecule has 0 aliphatic carbocycles. The molecule has 0 aromatic carbocycles. The van der Waals surface area contributed by atoms with Gasteiger partial charge in [0.15, 0.2) is 0 Å². The van der Waals surface area contributed by atoms with Gasteiger partial charge in [-0.2, -0.15) is 0 Å². The van der Waals surface area contributed by atoms with E-state index in [2.05, 4.69) is 43.4 Å². The fraction of sp³-hybridized carbons (Fsp3) is 0.800. The van der Waals surface area contributed by atoms with Crippen LogP contribution in [0.2, 0.25) is 0 Å². The van der Waals surface area contributed by atoms with Crippen LogP contribution < -0.4 is 0 Å². The number of fused-ring (bicyclic) bond motifs is 1. The second kappa shape index (κ2) is 4.32. The molecule has 0 bridgehead atoms. The largest absolute Gasteiger partial charge is 0.380 e. The van der Waals surface area contributed by atoms with E-state index < -0.39 is 0 Å². The topological polar surface area (TPSA) is 30.3 Å². The van der Waals surface area contributed by atoms with Gasteiger partial charge < -0.3 is 9.30 Å². The highest BCUT2D eigenvalue weighted by molar-refractivity contribution is 5.14. The van der Waals surface area contributed by atoms with Gasteiger partial charge in [-0.05, 0) is 0 Å². The highest BCUT2D eigenvalue weighted by Crippen LogP contribution is 2.29. The van der Waals surface area contributed by atoms with Crippen LogP contribution in [0.3, 0.4) is 0 Å². The quantitative estimate of drug-likeness (QED) is 0.818. The first-order valence-electron chi connectivity index (χ1n) is 7.22. The predicted molar refractivity (Wildman–Crippen MR) is 75.1 cm³/mol. The molecule has 0 radical (unpaired) electrons. The summed E-state index contributed by atoms with van der Waals surface area (Å²) in [6.45, 7) is 15.1. The van der Waals surface area contributed by atoms with Gasteiger partial charge in [0.25, 0.3) is 0 Å². The van der Waals surface area contributed by atoms with E-state index in [0.717, 1.165) is 39.4 Å². The van der Waals surface area contributed by atoms with E-state index in [0.29, 0.717) is 5.41 Å². The van der Waals surface area contributed by atoms with Crippen LogP contribution in [0.15, 0.2) is 6.20 Å². The number of aromatic nitrogens is 2. The second-order valence-electron chi connectivity index (χ2n) is 7.50. The molecule has 3 rings (SSSR count). The molecule has 0 atom stereocenters. The van der Waals surface area contributed by atoms with Gasteiger partial charge in [0, 0.05) is 36.7 Å². The Morgan fingerprint density at radius 2 is 2.05 bits per heavy atom. The van der Waals surface area contributed by atoms with Gasteiger partial charge in [-0.3, -0.25) is 4.90 Å². The van der Waals surface area contributed by atoms with E-state index in [-0.39, 0.29) is 5.41 Å². The Kier molecular flexibility index (Phi) is 2.98. The Labute approximate surface area is 115 Å². The van der Waals surface area contributed by atoms with Gasteiger partial charge in [-0.25, -0.2) is 4.98 Å². The molecule has 2 aliphatic rings. The normalized spacial score (nSPS) is 22.9. The lowest BCUT2D eigenvalue weighted by Crippen LogP contribution is -2.50. The summed E-state index contributed by atoms with van der Waals surface area (Å²) in [6, 6.07) is 0. The number of hydrogen-bond donors (Lipinski definition) is 0. The maximum Gasteiger partial charge on any atom is 0.123 e. The summed E-state index contributed by atoms with van der Waals surface area (Å²) >= 11 is 0. The van der Waals surface area contributed by atoms with E-state index in [4.69, 9.17) is 9.72 Å². The van der Waals surface area contributed by atoms with E-state index in [1.54, 1.807) is 0 Å². The van der Waals surface area contributed by atoms with Crippen molar-refractivity contribution in [1.82, 2.24) is 14.5 Å². The number of rotatable bonds is 2. The Morgan fingerprint density at radius 3 is 2.63 bits per heavy atom. The van der Waals surface area contributed by atoms with Crippen molar-refractivity contribution < 1.29 is 4.74 Å². The minimum atomic E-state index is 0.142. The molecule has 0 spiro atoms. The van der Waals surface area contributed by atoms with Crippen molar-refractivity contribution in [2.75, 3.05) is 26.3 Å². The third-order valence-corrected chi connectivity index (χ3v) is 4.16. The van der Waals surface area contributed by atoms with Crippen LogP contribution in [0.4, 0.5) is 0 Å². The first-order valence-corrected chi connectivity index (χ1v) is 7.22. The summed E-state index contributed by atoms with van der Waals surface area (Å²) in [5.41, 5.74) is 1.72. The minimum absolute atomic E-state index is 0.142. The third kappa shape index (κ3) is 2.56. The van der Waals surface area contributed by atoms with Crippen molar-refractivity contribution in [2.45, 2.75) is 46.2 Å². The molecule has 3 heterocycles. The molecule has 0 saturated carbocycles. The Balaban J connectivity index is 1.71. The lowest BCUT2D eigenvalue weighted by molar-refractivity contribution is -0.117. The highest BCUT2D eigenvalue weighted by atomic mass is 16.5. The predicted octanol–water partition coefficient (Wildman–Crippen LogP) is 2.03. The maximum absolute atomic E-state index is 5.35. The van der Waals surface area contributed by atoms with Gasteiger partial charge in [-0.15, -0.1) is 0 Å². The summed E-state index contributed by atoms with van der Waals surface area (Å²) in [5.74, 6) is 1.22. The molecule has 106 valence electrons. The fourth-order valence-electron chi connectivity index (χ4n) is 2.88. The zero-order chi connectivity index (χ0) is 13.7. The standard InChI is InChI=1S/C15H25N3O/c1-14(2,3)12-7-18-6-5-17(8-13(18)16-12)9-15(4)10-19-11-15/h7H,5-6,8-11H2,1-4H3. The smallest absolute Gasteiger partial charge is 0.123 e. The third-order valence-electron chi connectivity index (χ3n) is 4.16. The molecule has 1 aromatic rings. The van der Waals surface area contributed by atoms with Gasteiger partial charge >= 0.3 is 0 Å². The van der Waals surface area contributed by atoms with E-state index in [9.17, 15) is 0 Å². The highest BCUT2D eigenvalue weighted by Gasteiger charge is 2.36. The van der Waals surface area contributed by atoms with Crippen LogP contribution in [-0.2, 0) is 23.2 Å². The molecule has 0 amide bonds. The minimum Gasteiger partial charge on any atom is -0.380 e. The van der Waals surface area contributed by atoms with Crippen LogP contribution in [-0.4, -0.2) is 40.8 Å². The van der Waals surface area contributed by atoms with E-state index in [1.807, 2.05) is 0 Å². The zero-order valence-corrected chi connectivity index (χ0v) is 12.6. The molecular formula is C15H25N3O. The molecule has 0 N–H and O–H groups in total. The second-order valence-corrected chi connectivity index (χ2v) is 7.50. The fourth-order valence-corrected chi connectivity index (χ4v) is 2.88. The summed E-state index contributed by atoms with van der Waals surface area (Å²) in [4.78, 5) is 7.36. The molecule has 1 fully saturated rings. The Bertz CT molecular complexity index is 468. The number of ether oxygens (including phenoxy) is 1. The Hall–Kier alpha value is -0.870. The molecule has 4 heteroatoms. The van der Waals surface area contributed by atoms with Crippen molar-refractivity contribution >= 4 is 0 Å². The van der Waals surface area contributed by atoms with Crippen molar-refractivity contribution in [1.29, 1.82) is 0 Å². The number of nitrogens with zero attached hydrogens (tertiary/aromatic N) is 3. The summed E-state index contributed by atoms with van der Waals surface area (Å²) in [7, 11) is 0. The lowest BCUT2D eigenvalue weighted by atomic mass is 9.88. The van der Waals surface area contributed by atoms with Gasteiger partial charge in [0.1, 0.15) is 5.82 Å². The van der Waals surface area contributed by atoms with Crippen LogP contribution in [0, 0.1) is 5.41 Å². The van der Waals surface area contributed by atoms with Gasteiger partial charge in [0.2, 0.25) is 0 Å². The van der Waals surface area contributed by atoms with Crippen LogP contribution in [0.5, 0.6) is 0 Å². The summed E-state index contributed by atoms with van der Waals surface area (Å²) < 4.78 is 7.68. The summed E-state index contributed by atoms with van der Waals surface area (Å²) in [6.07, 6.45) is 2.24. The van der Waals surface area contributed by atoms with Crippen LogP contribution in [0.1, 0.15) is 39.2 Å². The number of hydrogen-bond acceptors (Lipinski definition) is 3. The Morgan fingerprint density at radius 1 is 1.32 bits per heavy atom. The van der Waals surface area contributed by atoms with Gasteiger partial charge in [-0.1, -0.05) is 27.7 Å². The first kappa shape index (κ1) is 13.1. The number of imidazole rings is 1. The first-order chi connectivity index (χ1) is 8.86. The van der Waals surface area contributed by atoms with E-state index in [1.165, 1.54) is 11.5 Å². The van der Waals surface area contributed by atoms with Crippen LogP contribution in [0.25, 0.3) is 0 Å². The average molecular weight is 263 g/mol. The average Bonchev–Trinajstić information content (AvgIpc) is 2.69. The molecule has 2 aliphatic heterocycles. The molecule has 4 nitrogen and oxygen atoms in total. The summed E-state index contributed by atoms with van der Waals surface area (Å²) in [5, 5.41) is 0. The van der Waals surface area contributed by atoms with E-state index >= 15 is 0 Å². The van der Waals surface area contributed by atoms with Crippen molar-refractivity contribution in [3.8, 4) is 0 Å². The molecular weight excluding hydrogens is 238 g/mol. The van der Waals surface area contributed by atoms with Gasteiger partial charge in [0.05, 0.1) is 25.5 Å². The lowest BCUT2D eigenvalue weighted by Gasteiger charge is -2.42. The molecule has 1 aromatic heterocycles. The monoisotopic (exact) mass is 263 g/mol. The molecule has 0 unspecified atom stereocenters. The molecule has 1 saturated heterocycles. The van der Waals surface area contributed by atoms with Crippen molar-refractivity contribution in [2.24, 2.45) is 5.41 Å². The zero-order valence-electron chi connectivity index (χ0n) is 12.6.